The minimum Gasteiger partial charge on any atom is -0.498 e. The van der Waals surface area contributed by atoms with E-state index in [1.807, 2.05) is 6.07 Å². The third kappa shape index (κ3) is 8.07. The fraction of sp³-hybridized carbons (Fsp3) is 0.733. The van der Waals surface area contributed by atoms with E-state index in [0.717, 1.165) is 95.0 Å². The lowest BCUT2D eigenvalue weighted by Crippen LogP contribution is -2.21. The molecule has 0 saturated heterocycles. The third-order valence-corrected chi connectivity index (χ3v) is 8.32. The van der Waals surface area contributed by atoms with E-state index in [4.69, 9.17) is 4.74 Å². The van der Waals surface area contributed by atoms with Crippen molar-refractivity contribution in [2.75, 3.05) is 6.61 Å². The van der Waals surface area contributed by atoms with Crippen LogP contribution in [0, 0.1) is 29.5 Å². The molecule has 1 saturated carbocycles. The molecule has 0 aliphatic heterocycles. The molecule has 0 heterocycles. The summed E-state index contributed by atoms with van der Waals surface area (Å²) in [5, 5.41) is 10.5. The van der Waals surface area contributed by atoms with Crippen LogP contribution in [0.4, 0.5) is 8.78 Å². The van der Waals surface area contributed by atoms with E-state index >= 15 is 0 Å². The average molecular weight is 477 g/mol. The lowest BCUT2D eigenvalue weighted by molar-refractivity contribution is 0.106. The van der Waals surface area contributed by atoms with Crippen LogP contribution in [0.2, 0.25) is 0 Å². The van der Waals surface area contributed by atoms with Gasteiger partial charge in [-0.05, 0) is 85.5 Å². The quantitative estimate of drug-likeness (QED) is 0.205. The summed E-state index contributed by atoms with van der Waals surface area (Å²) in [7, 11) is 0. The maximum Gasteiger partial charge on any atom is 0.123 e. The van der Waals surface area contributed by atoms with Crippen LogP contribution in [0.25, 0.3) is 0 Å². The van der Waals surface area contributed by atoms with Gasteiger partial charge < -0.3 is 9.84 Å². The maximum atomic E-state index is 14.7. The van der Waals surface area contributed by atoms with Crippen LogP contribution in [-0.4, -0.2) is 24.0 Å². The normalized spacial score (nSPS) is 27.0. The predicted molar refractivity (Wildman–Crippen MR) is 136 cm³/mol. The molecule has 2 aliphatic rings. The van der Waals surface area contributed by atoms with E-state index < -0.39 is 12.3 Å². The van der Waals surface area contributed by atoms with Crippen molar-refractivity contribution in [2.24, 2.45) is 23.7 Å². The standard InChI is InChI=1S/C30H46F2O2/c1-4-21(2)20-34-22(3)10-7-5-6-8-12-28-27(29(32)19-30(28)33)13-9-11-23-16-24-14-15-26(31)18-25(24)17-23/h14-15,18,21,23,27-30,33H,3-13,16-17,19-20H2,1-2H3/t21?,23?,27-,28-,29?,30+/m1/s1. The highest BCUT2D eigenvalue weighted by Gasteiger charge is 2.41. The van der Waals surface area contributed by atoms with Gasteiger partial charge in [-0.15, -0.1) is 0 Å². The van der Waals surface area contributed by atoms with Crippen molar-refractivity contribution >= 4 is 0 Å². The zero-order valence-corrected chi connectivity index (χ0v) is 21.4. The molecule has 4 heteroatoms. The van der Waals surface area contributed by atoms with Crippen LogP contribution in [0.1, 0.15) is 95.6 Å². The van der Waals surface area contributed by atoms with Crippen LogP contribution >= 0.6 is 0 Å². The van der Waals surface area contributed by atoms with E-state index in [9.17, 15) is 13.9 Å². The van der Waals surface area contributed by atoms with Gasteiger partial charge in [0.1, 0.15) is 12.0 Å². The van der Waals surface area contributed by atoms with Gasteiger partial charge in [-0.2, -0.15) is 0 Å². The van der Waals surface area contributed by atoms with Crippen molar-refractivity contribution in [3.63, 3.8) is 0 Å². The average Bonchev–Trinajstić information content (AvgIpc) is 3.33. The first-order valence-corrected chi connectivity index (χ1v) is 13.8. The number of benzene rings is 1. The summed E-state index contributed by atoms with van der Waals surface area (Å²) in [6.45, 7) is 9.15. The molecule has 1 fully saturated rings. The Balaban J connectivity index is 1.30. The molecule has 34 heavy (non-hydrogen) atoms. The molecular formula is C30H46F2O2. The zero-order chi connectivity index (χ0) is 24.5. The summed E-state index contributed by atoms with van der Waals surface area (Å²) in [6.07, 6.45) is 11.1. The minimum absolute atomic E-state index is 0.00930. The third-order valence-electron chi connectivity index (χ3n) is 8.32. The maximum absolute atomic E-state index is 14.7. The van der Waals surface area contributed by atoms with Gasteiger partial charge >= 0.3 is 0 Å². The number of allylic oxidation sites excluding steroid dienone is 1. The van der Waals surface area contributed by atoms with Crippen LogP contribution in [0.5, 0.6) is 0 Å². The van der Waals surface area contributed by atoms with E-state index in [0.29, 0.717) is 18.3 Å². The summed E-state index contributed by atoms with van der Waals surface area (Å²) in [5.74, 6) is 1.94. The van der Waals surface area contributed by atoms with Crippen molar-refractivity contribution in [1.29, 1.82) is 0 Å². The number of halogens is 2. The number of hydrogen-bond acceptors (Lipinski definition) is 2. The second-order valence-corrected chi connectivity index (χ2v) is 11.1. The first-order valence-electron chi connectivity index (χ1n) is 13.8. The second-order valence-electron chi connectivity index (χ2n) is 11.1. The van der Waals surface area contributed by atoms with Gasteiger partial charge in [-0.3, -0.25) is 0 Å². The van der Waals surface area contributed by atoms with E-state index in [1.54, 1.807) is 12.1 Å². The van der Waals surface area contributed by atoms with Gasteiger partial charge in [0.2, 0.25) is 0 Å². The SMILES string of the molecule is C=C(CCCCCC[C@H]1[C@@H](O)CC(F)[C@@H]1CCCC1Cc2ccc(F)cc2C1)OCC(C)CC. The number of aliphatic hydroxyl groups excluding tert-OH is 1. The van der Waals surface area contributed by atoms with Crippen molar-refractivity contribution in [3.05, 3.63) is 47.5 Å². The smallest absolute Gasteiger partial charge is 0.123 e. The number of hydrogen-bond donors (Lipinski definition) is 1. The number of fused-ring (bicyclic) bond motifs is 1. The first kappa shape index (κ1) is 27.2. The topological polar surface area (TPSA) is 29.5 Å². The number of alkyl halides is 1. The molecule has 2 aliphatic carbocycles. The fourth-order valence-electron chi connectivity index (χ4n) is 5.97. The molecule has 0 radical (unpaired) electrons. The highest BCUT2D eigenvalue weighted by molar-refractivity contribution is 5.32. The monoisotopic (exact) mass is 476 g/mol. The Morgan fingerprint density at radius 1 is 1.06 bits per heavy atom. The highest BCUT2D eigenvalue weighted by atomic mass is 19.1. The lowest BCUT2D eigenvalue weighted by atomic mass is 9.84. The molecule has 1 aromatic carbocycles. The molecule has 192 valence electrons. The van der Waals surface area contributed by atoms with Crippen LogP contribution < -0.4 is 0 Å². The van der Waals surface area contributed by atoms with E-state index in [2.05, 4.69) is 20.4 Å². The summed E-state index contributed by atoms with van der Waals surface area (Å²) in [5.41, 5.74) is 2.42. The van der Waals surface area contributed by atoms with Crippen LogP contribution in [-0.2, 0) is 17.6 Å². The van der Waals surface area contributed by atoms with Crippen molar-refractivity contribution < 1.29 is 18.6 Å². The molecule has 3 rings (SSSR count). The summed E-state index contributed by atoms with van der Waals surface area (Å²) < 4.78 is 33.9. The molecule has 2 nitrogen and oxygen atoms in total. The van der Waals surface area contributed by atoms with Gasteiger partial charge in [0.05, 0.1) is 18.5 Å². The summed E-state index contributed by atoms with van der Waals surface area (Å²) >= 11 is 0. The first-order chi connectivity index (χ1) is 16.4. The highest BCUT2D eigenvalue weighted by Crippen LogP contribution is 2.41. The fourth-order valence-corrected chi connectivity index (χ4v) is 5.97. The van der Waals surface area contributed by atoms with Crippen molar-refractivity contribution in [1.82, 2.24) is 0 Å². The van der Waals surface area contributed by atoms with Gasteiger partial charge in [0.25, 0.3) is 0 Å². The Bertz CT molecular complexity index is 764. The molecule has 0 aromatic heterocycles. The number of rotatable bonds is 15. The number of ether oxygens (including phenoxy) is 1. The Morgan fingerprint density at radius 3 is 2.59 bits per heavy atom. The molecular weight excluding hydrogens is 430 g/mol. The van der Waals surface area contributed by atoms with Gasteiger partial charge in [0.15, 0.2) is 0 Å². The second kappa shape index (κ2) is 13.6. The van der Waals surface area contributed by atoms with Crippen LogP contribution in [0.3, 0.4) is 0 Å². The molecule has 1 aromatic rings. The summed E-state index contributed by atoms with van der Waals surface area (Å²) in [4.78, 5) is 0. The number of aliphatic hydroxyl groups is 1. The number of unbranched alkanes of at least 4 members (excludes halogenated alkanes) is 3. The van der Waals surface area contributed by atoms with Crippen LogP contribution in [0.15, 0.2) is 30.5 Å². The molecule has 3 unspecified atom stereocenters. The van der Waals surface area contributed by atoms with E-state index in [-0.39, 0.29) is 17.7 Å². The molecule has 0 spiro atoms. The molecule has 0 bridgehead atoms. The minimum atomic E-state index is -0.874. The Hall–Kier alpha value is -1.42. The molecule has 0 amide bonds. The van der Waals surface area contributed by atoms with E-state index in [1.165, 1.54) is 5.56 Å². The van der Waals surface area contributed by atoms with Crippen molar-refractivity contribution in [2.45, 2.75) is 110 Å². The Morgan fingerprint density at radius 2 is 1.79 bits per heavy atom. The predicted octanol–water partition coefficient (Wildman–Crippen LogP) is 7.96. The summed E-state index contributed by atoms with van der Waals surface area (Å²) in [6, 6.07) is 5.14. The molecule has 6 atom stereocenters. The van der Waals surface area contributed by atoms with Gasteiger partial charge in [-0.1, -0.05) is 58.6 Å². The molecule has 1 N–H and O–H groups in total. The Labute approximate surface area is 206 Å². The zero-order valence-electron chi connectivity index (χ0n) is 21.4. The lowest BCUT2D eigenvalue weighted by Gasteiger charge is -2.23. The van der Waals surface area contributed by atoms with Gasteiger partial charge in [-0.25, -0.2) is 8.78 Å². The van der Waals surface area contributed by atoms with Crippen molar-refractivity contribution in [3.8, 4) is 0 Å². The Kier molecular flexibility index (Phi) is 10.9. The largest absolute Gasteiger partial charge is 0.498 e. The van der Waals surface area contributed by atoms with Gasteiger partial charge in [0, 0.05) is 12.8 Å².